The molecular formula is C21H28N2O4S. The fraction of sp³-hybridized carbons (Fsp3) is 0.381. The Bertz CT molecular complexity index is 895. The van der Waals surface area contributed by atoms with Crippen molar-refractivity contribution >= 4 is 21.6 Å². The Morgan fingerprint density at radius 3 is 2.46 bits per heavy atom. The third-order valence-corrected chi connectivity index (χ3v) is 5.66. The Kier molecular flexibility index (Phi) is 7.45. The summed E-state index contributed by atoms with van der Waals surface area (Å²) in [7, 11) is -1.93. The van der Waals surface area contributed by atoms with Gasteiger partial charge in [-0.05, 0) is 38.0 Å². The molecule has 0 unspecified atom stereocenters. The van der Waals surface area contributed by atoms with Crippen molar-refractivity contribution in [2.75, 3.05) is 24.2 Å². The zero-order chi connectivity index (χ0) is 20.7. The van der Waals surface area contributed by atoms with Crippen LogP contribution in [0.2, 0.25) is 0 Å². The van der Waals surface area contributed by atoms with Gasteiger partial charge in [-0.25, -0.2) is 8.42 Å². The van der Waals surface area contributed by atoms with E-state index in [2.05, 4.69) is 5.32 Å². The zero-order valence-electron chi connectivity index (χ0n) is 16.8. The first-order valence-corrected chi connectivity index (χ1v) is 11.0. The van der Waals surface area contributed by atoms with Gasteiger partial charge in [0.2, 0.25) is 15.9 Å². The number of hydrogen-bond donors (Lipinski definition) is 1. The van der Waals surface area contributed by atoms with Gasteiger partial charge in [-0.3, -0.25) is 9.10 Å². The summed E-state index contributed by atoms with van der Waals surface area (Å²) in [5.41, 5.74) is 2.73. The number of carbonyl (C=O) groups is 1. The Labute approximate surface area is 167 Å². The molecule has 0 aromatic heterocycles. The Hall–Kier alpha value is -2.54. The van der Waals surface area contributed by atoms with Crippen LogP contribution in [-0.2, 0) is 14.8 Å². The zero-order valence-corrected chi connectivity index (χ0v) is 17.6. The smallest absolute Gasteiger partial charge is 0.232 e. The molecule has 0 aliphatic heterocycles. The van der Waals surface area contributed by atoms with Crippen LogP contribution in [0.1, 0.15) is 36.9 Å². The second kappa shape index (κ2) is 9.59. The lowest BCUT2D eigenvalue weighted by molar-refractivity contribution is -0.121. The van der Waals surface area contributed by atoms with Crippen LogP contribution in [0, 0.1) is 6.92 Å². The van der Waals surface area contributed by atoms with Gasteiger partial charge in [-0.2, -0.15) is 0 Å². The lowest BCUT2D eigenvalue weighted by Gasteiger charge is -2.23. The highest BCUT2D eigenvalue weighted by molar-refractivity contribution is 7.92. The van der Waals surface area contributed by atoms with Gasteiger partial charge in [0.25, 0.3) is 0 Å². The normalized spacial score (nSPS) is 12.3. The van der Waals surface area contributed by atoms with Crippen molar-refractivity contribution in [2.24, 2.45) is 0 Å². The van der Waals surface area contributed by atoms with Gasteiger partial charge >= 0.3 is 0 Å². The van der Waals surface area contributed by atoms with E-state index in [4.69, 9.17) is 4.74 Å². The van der Waals surface area contributed by atoms with Crippen LogP contribution in [0.25, 0.3) is 0 Å². The monoisotopic (exact) mass is 404 g/mol. The van der Waals surface area contributed by atoms with Gasteiger partial charge in [0.15, 0.2) is 0 Å². The van der Waals surface area contributed by atoms with E-state index in [-0.39, 0.29) is 24.9 Å². The highest BCUT2D eigenvalue weighted by Gasteiger charge is 2.18. The molecule has 2 aromatic rings. The number of carbonyl (C=O) groups excluding carboxylic acids is 1. The van der Waals surface area contributed by atoms with Crippen LogP contribution >= 0.6 is 0 Å². The molecule has 2 aromatic carbocycles. The number of aryl methyl sites for hydroxylation is 1. The number of hydrogen-bond acceptors (Lipinski definition) is 4. The van der Waals surface area contributed by atoms with Crippen molar-refractivity contribution in [1.82, 2.24) is 5.32 Å². The summed E-state index contributed by atoms with van der Waals surface area (Å²) < 4.78 is 30.8. The van der Waals surface area contributed by atoms with Gasteiger partial charge in [0.1, 0.15) is 5.75 Å². The maximum atomic E-state index is 12.3. The molecule has 6 nitrogen and oxygen atoms in total. The molecule has 152 valence electrons. The predicted octanol–water partition coefficient (Wildman–Crippen LogP) is 3.43. The lowest BCUT2D eigenvalue weighted by atomic mass is 10.1. The number of benzene rings is 2. The standard InChI is InChI=1S/C21H28N2O4S/c1-16-10-12-18(13-11-16)17(2)22-21(24)9-6-14-23(28(4,25)26)19-7-5-8-20(15-19)27-3/h5,7-8,10-13,15,17H,6,9,14H2,1-4H3,(H,22,24)/t17-/m0/s1. The van der Waals surface area contributed by atoms with Crippen LogP contribution in [0.4, 0.5) is 5.69 Å². The quantitative estimate of drug-likeness (QED) is 0.695. The summed E-state index contributed by atoms with van der Waals surface area (Å²) in [6.07, 6.45) is 1.81. The molecule has 0 fully saturated rings. The van der Waals surface area contributed by atoms with E-state index in [0.29, 0.717) is 17.9 Å². The molecule has 0 saturated heterocycles. The number of ether oxygens (including phenoxy) is 1. The minimum absolute atomic E-state index is 0.0995. The maximum absolute atomic E-state index is 12.3. The summed E-state index contributed by atoms with van der Waals surface area (Å²) in [5.74, 6) is 0.475. The van der Waals surface area contributed by atoms with Crippen molar-refractivity contribution in [2.45, 2.75) is 32.7 Å². The Morgan fingerprint density at radius 1 is 1.18 bits per heavy atom. The number of methoxy groups -OCH3 is 1. The van der Waals surface area contributed by atoms with E-state index in [1.165, 1.54) is 17.0 Å². The molecule has 0 bridgehead atoms. The average molecular weight is 405 g/mol. The first kappa shape index (κ1) is 21.8. The average Bonchev–Trinajstić information content (AvgIpc) is 2.64. The largest absolute Gasteiger partial charge is 0.497 e. The molecule has 28 heavy (non-hydrogen) atoms. The highest BCUT2D eigenvalue weighted by atomic mass is 32.2. The maximum Gasteiger partial charge on any atom is 0.232 e. The number of amides is 1. The molecule has 7 heteroatoms. The minimum Gasteiger partial charge on any atom is -0.497 e. The van der Waals surface area contributed by atoms with Gasteiger partial charge < -0.3 is 10.1 Å². The third kappa shape index (κ3) is 6.27. The van der Waals surface area contributed by atoms with Crippen molar-refractivity contribution < 1.29 is 17.9 Å². The van der Waals surface area contributed by atoms with E-state index in [9.17, 15) is 13.2 Å². The second-order valence-corrected chi connectivity index (χ2v) is 8.75. The molecule has 1 N–H and O–H groups in total. The van der Waals surface area contributed by atoms with Gasteiger partial charge in [-0.15, -0.1) is 0 Å². The first-order valence-electron chi connectivity index (χ1n) is 9.18. The van der Waals surface area contributed by atoms with Gasteiger partial charge in [0.05, 0.1) is 25.1 Å². The van der Waals surface area contributed by atoms with Crippen molar-refractivity contribution in [1.29, 1.82) is 0 Å². The van der Waals surface area contributed by atoms with E-state index in [0.717, 1.165) is 11.8 Å². The molecule has 1 amide bonds. The summed E-state index contributed by atoms with van der Waals surface area (Å²) in [5, 5.41) is 2.96. The Morgan fingerprint density at radius 2 is 1.86 bits per heavy atom. The molecule has 1 atom stereocenters. The number of anilines is 1. The van der Waals surface area contributed by atoms with Crippen molar-refractivity contribution in [3.05, 3.63) is 59.7 Å². The number of rotatable bonds is 9. The highest BCUT2D eigenvalue weighted by Crippen LogP contribution is 2.23. The number of nitrogens with one attached hydrogen (secondary N) is 1. The van der Waals surface area contributed by atoms with Crippen LogP contribution in [0.3, 0.4) is 0 Å². The van der Waals surface area contributed by atoms with E-state index >= 15 is 0 Å². The Balaban J connectivity index is 1.94. The molecule has 0 aliphatic carbocycles. The van der Waals surface area contributed by atoms with Crippen LogP contribution < -0.4 is 14.4 Å². The summed E-state index contributed by atoms with van der Waals surface area (Å²) >= 11 is 0. The number of sulfonamides is 1. The molecule has 0 radical (unpaired) electrons. The number of nitrogens with zero attached hydrogens (tertiary/aromatic N) is 1. The van der Waals surface area contributed by atoms with Crippen LogP contribution in [0.15, 0.2) is 48.5 Å². The fourth-order valence-corrected chi connectivity index (χ4v) is 3.84. The summed E-state index contributed by atoms with van der Waals surface area (Å²) in [4.78, 5) is 12.3. The topological polar surface area (TPSA) is 75.7 Å². The van der Waals surface area contributed by atoms with E-state index in [1.807, 2.05) is 38.1 Å². The SMILES string of the molecule is COc1cccc(N(CCCC(=O)N[C@@H](C)c2ccc(C)cc2)S(C)(=O)=O)c1. The van der Waals surface area contributed by atoms with Crippen LogP contribution in [0.5, 0.6) is 5.75 Å². The molecule has 0 aliphatic rings. The van der Waals surface area contributed by atoms with Gasteiger partial charge in [0, 0.05) is 19.0 Å². The van der Waals surface area contributed by atoms with Crippen LogP contribution in [-0.4, -0.2) is 34.2 Å². The molecule has 0 heterocycles. The summed E-state index contributed by atoms with van der Waals surface area (Å²) in [6, 6.07) is 14.8. The fourth-order valence-electron chi connectivity index (χ4n) is 2.89. The van der Waals surface area contributed by atoms with E-state index < -0.39 is 10.0 Å². The van der Waals surface area contributed by atoms with Crippen molar-refractivity contribution in [3.63, 3.8) is 0 Å². The molecule has 0 saturated carbocycles. The molecular weight excluding hydrogens is 376 g/mol. The minimum atomic E-state index is -3.46. The third-order valence-electron chi connectivity index (χ3n) is 4.46. The summed E-state index contributed by atoms with van der Waals surface area (Å²) in [6.45, 7) is 4.17. The van der Waals surface area contributed by atoms with Crippen molar-refractivity contribution in [3.8, 4) is 5.75 Å². The predicted molar refractivity (Wildman–Crippen MR) is 112 cm³/mol. The first-order chi connectivity index (χ1) is 13.2. The lowest BCUT2D eigenvalue weighted by Crippen LogP contribution is -2.32. The second-order valence-electron chi connectivity index (χ2n) is 6.84. The molecule has 2 rings (SSSR count). The van der Waals surface area contributed by atoms with E-state index in [1.54, 1.807) is 24.3 Å². The van der Waals surface area contributed by atoms with Gasteiger partial charge in [-0.1, -0.05) is 35.9 Å². The molecule has 0 spiro atoms.